The van der Waals surface area contributed by atoms with Crippen molar-refractivity contribution in [3.05, 3.63) is 44.4 Å². The van der Waals surface area contributed by atoms with Gasteiger partial charge in [-0.05, 0) is 79.5 Å². The third-order valence-corrected chi connectivity index (χ3v) is 23.2. The van der Waals surface area contributed by atoms with Gasteiger partial charge in [-0.1, -0.05) is 23.2 Å². The number of esters is 2. The second-order valence-electron chi connectivity index (χ2n) is 29.8. The van der Waals surface area contributed by atoms with Crippen molar-refractivity contribution in [3.8, 4) is 23.0 Å². The second-order valence-corrected chi connectivity index (χ2v) is 30.5. The average Bonchev–Trinajstić information content (AvgIpc) is 1.57. The van der Waals surface area contributed by atoms with Gasteiger partial charge in [0.15, 0.2) is 67.6 Å². The summed E-state index contributed by atoms with van der Waals surface area (Å²) in [5.74, 6) is -7.36. The summed E-state index contributed by atoms with van der Waals surface area (Å²) in [4.78, 5) is 27.6. The number of rotatable bonds is 21. The number of carbonyl (C=O) groups excluding carboxylic acids is 2. The lowest BCUT2D eigenvalue weighted by molar-refractivity contribution is -0.415. The van der Waals surface area contributed by atoms with E-state index in [0.29, 0.717) is 0 Å². The number of halogens is 2. The van der Waals surface area contributed by atoms with Crippen molar-refractivity contribution < 1.29 is 179 Å². The first kappa shape index (κ1) is 83.9. The quantitative estimate of drug-likeness (QED) is 0.0615. The molecule has 620 valence electrons. The van der Waals surface area contributed by atoms with Crippen LogP contribution in [0.15, 0.2) is 12.1 Å². The molecule has 2 spiro atoms. The SMILES string of the molecule is COC[C@H]1O[C@H](O[C@@H]2OC[C@H]3O[C@@]4(OC[C@H](OC(=O)c5c(C)cc(O)cc5O)[C@H]5OCO[C@H]54)O[C@H]3[C@H]2O)[C@H](OC)[C@H](O)[C@H]1O[C@@H]1O[C@H](C)[C@H](OC)[C@H](O[C@@H]2O[C@H](C)[C@H]3O[C@]4(C[C@@H](O)[C@H](O[C@H]5C[C@@H](O[C@H]6C[C@](C)(NO)[C@@H](OC)[C@H](C)O6)[C@H](OC(=O)c6c(C)c(Cl)c(O)c(Cl)c6OC)[C@@H](C)O5)[C@@H](C)O4)O[C@]3(C)[C@@H]2O)[C@H]1O. The summed E-state index contributed by atoms with van der Waals surface area (Å²) in [5.41, 5.74) is -0.456. The number of methoxy groups -OCH3 is 5. The third-order valence-electron chi connectivity index (χ3n) is 22.4. The topological polar surface area (TPSA) is 468 Å². The van der Waals surface area contributed by atoms with Crippen LogP contribution in [0.5, 0.6) is 23.0 Å². The number of phenols is 3. The van der Waals surface area contributed by atoms with E-state index in [0.717, 1.165) is 6.07 Å². The van der Waals surface area contributed by atoms with Gasteiger partial charge >= 0.3 is 17.9 Å². The van der Waals surface area contributed by atoms with Crippen molar-refractivity contribution in [2.45, 2.75) is 295 Å². The van der Waals surface area contributed by atoms with Crippen molar-refractivity contribution in [3.63, 3.8) is 0 Å². The van der Waals surface area contributed by atoms with Crippen LogP contribution in [0.25, 0.3) is 0 Å². The van der Waals surface area contributed by atoms with Gasteiger partial charge in [-0.2, -0.15) is 5.48 Å². The highest BCUT2D eigenvalue weighted by Gasteiger charge is 2.70. The molecule has 40 heteroatoms. The molecule has 11 heterocycles. The van der Waals surface area contributed by atoms with Gasteiger partial charge in [-0.3, -0.25) is 0 Å². The zero-order valence-corrected chi connectivity index (χ0v) is 64.2. The van der Waals surface area contributed by atoms with Crippen LogP contribution in [-0.2, 0) is 118 Å². The van der Waals surface area contributed by atoms with E-state index in [1.807, 2.05) is 0 Å². The number of aromatic hydroxyl groups is 3. The lowest BCUT2D eigenvalue weighted by Gasteiger charge is -2.50. The number of benzene rings is 2. The first-order chi connectivity index (χ1) is 52.2. The van der Waals surface area contributed by atoms with Gasteiger partial charge < -0.3 is 169 Å². The first-order valence-corrected chi connectivity index (χ1v) is 37.0. The maximum absolute atomic E-state index is 14.3. The number of carbonyl (C=O) groups is 2. The fourth-order valence-electron chi connectivity index (χ4n) is 17.0. The van der Waals surface area contributed by atoms with Crippen molar-refractivity contribution >= 4 is 35.1 Å². The Bertz CT molecular complexity index is 3540. The predicted molar refractivity (Wildman–Crippen MR) is 361 cm³/mol. The Morgan fingerprint density at radius 2 is 1.30 bits per heavy atom. The molecule has 0 bridgehead atoms. The number of hydroxylamine groups is 1. The minimum atomic E-state index is -2.03. The zero-order chi connectivity index (χ0) is 79.3. The second kappa shape index (κ2) is 33.2. The van der Waals surface area contributed by atoms with Crippen molar-refractivity contribution in [1.29, 1.82) is 0 Å². The molecule has 11 saturated heterocycles. The molecule has 0 radical (unpaired) electrons. The van der Waals surface area contributed by atoms with Crippen LogP contribution >= 0.6 is 23.2 Å². The Hall–Kier alpha value is -4.04. The van der Waals surface area contributed by atoms with E-state index in [1.54, 1.807) is 48.5 Å². The van der Waals surface area contributed by atoms with Gasteiger partial charge in [0.2, 0.25) is 0 Å². The zero-order valence-electron chi connectivity index (χ0n) is 62.7. The highest BCUT2D eigenvalue weighted by Crippen LogP contribution is 2.53. The van der Waals surface area contributed by atoms with Gasteiger partial charge in [0.1, 0.15) is 138 Å². The highest BCUT2D eigenvalue weighted by molar-refractivity contribution is 6.39. The first-order valence-electron chi connectivity index (χ1n) is 36.2. The molecule has 0 saturated carbocycles. The fourth-order valence-corrected chi connectivity index (χ4v) is 17.5. The lowest BCUT2D eigenvalue weighted by atomic mass is 9.85. The molecule has 11 fully saturated rings. The van der Waals surface area contributed by atoms with Crippen molar-refractivity contribution in [1.82, 2.24) is 5.48 Å². The summed E-state index contributed by atoms with van der Waals surface area (Å²) in [6, 6.07) is 2.29. The number of aliphatic hydroxyl groups excluding tert-OH is 5. The molecule has 13 rings (SSSR count). The highest BCUT2D eigenvalue weighted by atomic mass is 35.5. The molecule has 0 amide bonds. The number of ether oxygens (including phenoxy) is 26. The summed E-state index contributed by atoms with van der Waals surface area (Å²) in [7, 11) is 6.72. The van der Waals surface area contributed by atoms with Crippen LogP contribution in [0.3, 0.4) is 0 Å². The normalized spacial score (nSPS) is 46.0. The number of aliphatic hydroxyl groups is 5. The summed E-state index contributed by atoms with van der Waals surface area (Å²) in [6.45, 7) is 13.4. The average molecular weight is 1620 g/mol. The fraction of sp³-hybridized carbons (Fsp3) is 0.800. The number of nitrogens with one attached hydrogen (secondary N) is 1. The van der Waals surface area contributed by atoms with Gasteiger partial charge in [0.05, 0.1) is 80.5 Å². The van der Waals surface area contributed by atoms with E-state index >= 15 is 0 Å². The van der Waals surface area contributed by atoms with Crippen molar-refractivity contribution in [2.75, 3.05) is 62.2 Å². The Kier molecular flexibility index (Phi) is 25.3. The molecular weight excluding hydrogens is 1520 g/mol. The molecule has 11 aliphatic heterocycles. The van der Waals surface area contributed by atoms with E-state index in [4.69, 9.17) is 146 Å². The Balaban J connectivity index is 0.642. The molecule has 110 heavy (non-hydrogen) atoms. The van der Waals surface area contributed by atoms with Crippen LogP contribution in [-0.4, -0.2) is 334 Å². The smallest absolute Gasteiger partial charge is 0.342 e. The minimum Gasteiger partial charge on any atom is -0.508 e. The lowest BCUT2D eigenvalue weighted by Crippen LogP contribution is -2.68. The summed E-state index contributed by atoms with van der Waals surface area (Å²) < 4.78 is 160. The van der Waals surface area contributed by atoms with Gasteiger partial charge in [-0.15, -0.1) is 0 Å². The molecule has 11 aliphatic rings. The van der Waals surface area contributed by atoms with Gasteiger partial charge in [0.25, 0.3) is 5.97 Å². The molecule has 0 unspecified atom stereocenters. The Labute approximate surface area is 641 Å². The van der Waals surface area contributed by atoms with E-state index in [1.165, 1.54) is 55.5 Å². The summed E-state index contributed by atoms with van der Waals surface area (Å²) in [5, 5.41) is 102. The summed E-state index contributed by atoms with van der Waals surface area (Å²) >= 11 is 12.8. The minimum absolute atomic E-state index is 0.0436. The van der Waals surface area contributed by atoms with Crippen molar-refractivity contribution in [2.24, 2.45) is 0 Å². The molecule has 10 N–H and O–H groups in total. The van der Waals surface area contributed by atoms with E-state index in [9.17, 15) is 55.6 Å². The number of hydrogen-bond donors (Lipinski definition) is 10. The molecule has 0 aromatic heterocycles. The van der Waals surface area contributed by atoms with Crippen LogP contribution in [0, 0.1) is 13.8 Å². The van der Waals surface area contributed by atoms with Crippen LogP contribution < -0.4 is 10.2 Å². The van der Waals surface area contributed by atoms with Gasteiger partial charge in [0, 0.05) is 47.3 Å². The van der Waals surface area contributed by atoms with E-state index < -0.39 is 243 Å². The standard InChI is InChI=1S/C70H99Cl2NO37/c1-24-15-31(74)16-32(75)40(24)61(82)99-36-22-93-70(60-53(36)91-23-92-60)107-37-21-90-63(46(79)52(37)108-70)105-65-56(88-13)45(78)51(35(100-65)20-85-10)103-64-47(80)55(50(86-11)27(4)96-64)104-66-57(81)68(9)59(30(7)97-66)109-69(110-68)18-33(76)48(28(5)106-69)101-38-17-34(98-39-19-67(8,73-84)58(89-14)29(6)95-39)49(26(3)94-38)102-62(83)41-25(2)42(71)44(77)43(72)54(41)87-12/h15-16,26-30,33-39,45-53,55-60,63-66,73-81,84H,17-23H2,1-14H3/t26-,27-,28-,29+,30-,33-,34-,35-,36+,37-,38+,39+,45-,46-,47-,48-,49-,50+,51+,52-,53-,55-,56-,57-,58+,59-,60-,63+,64+,65-,66+,67+,68-,69-,70-/m1/s1. The summed E-state index contributed by atoms with van der Waals surface area (Å²) in [6.07, 6.45) is -38.8. The number of aryl methyl sites for hydroxylation is 1. The van der Waals surface area contributed by atoms with Crippen LogP contribution in [0.1, 0.15) is 99.6 Å². The Morgan fingerprint density at radius 3 is 1.98 bits per heavy atom. The van der Waals surface area contributed by atoms with E-state index in [-0.39, 0.29) is 83.3 Å². The molecule has 2 aromatic rings. The molecule has 2 aromatic carbocycles. The van der Waals surface area contributed by atoms with Crippen LogP contribution in [0.4, 0.5) is 0 Å². The van der Waals surface area contributed by atoms with Crippen LogP contribution in [0.2, 0.25) is 10.0 Å². The molecule has 38 nitrogen and oxygen atoms in total. The number of hydrogen-bond acceptors (Lipinski definition) is 38. The maximum Gasteiger partial charge on any atom is 0.342 e. The largest absolute Gasteiger partial charge is 0.508 e. The third kappa shape index (κ3) is 15.5. The van der Waals surface area contributed by atoms with Gasteiger partial charge in [-0.25, -0.2) is 9.59 Å². The molecule has 35 atom stereocenters. The predicted octanol–water partition coefficient (Wildman–Crippen LogP) is 0.964. The molecule has 0 aliphatic carbocycles. The van der Waals surface area contributed by atoms with E-state index in [2.05, 4.69) is 5.48 Å². The Morgan fingerprint density at radius 1 is 0.600 bits per heavy atom. The number of phenolic OH excluding ortho intramolecular Hbond substituents is 3. The number of fused-ring (bicyclic) bond motifs is 4. The molecular formula is C70H99Cl2NO37. The maximum atomic E-state index is 14.3. The monoisotopic (exact) mass is 1620 g/mol.